The SMILES string of the molecule is O=S1(=O)CCC(C(CBr)CCSC(F)(F)F)C1. The van der Waals surface area contributed by atoms with E-state index in [1.54, 1.807) is 0 Å². The van der Waals surface area contributed by atoms with Crippen molar-refractivity contribution in [2.24, 2.45) is 11.8 Å². The summed E-state index contributed by atoms with van der Waals surface area (Å²) in [5.41, 5.74) is -4.20. The van der Waals surface area contributed by atoms with Gasteiger partial charge in [0.05, 0.1) is 11.5 Å². The van der Waals surface area contributed by atoms with E-state index >= 15 is 0 Å². The zero-order valence-electron chi connectivity index (χ0n) is 9.04. The Balaban J connectivity index is 2.39. The smallest absolute Gasteiger partial charge is 0.229 e. The summed E-state index contributed by atoms with van der Waals surface area (Å²) >= 11 is 3.22. The standard InChI is InChI=1S/C9H14BrF3O2S2/c10-5-7(1-3-16-9(11,12)13)8-2-4-17(14,15)6-8/h7-8H,1-6H2. The quantitative estimate of drug-likeness (QED) is 0.711. The summed E-state index contributed by atoms with van der Waals surface area (Å²) in [4.78, 5) is 0. The Bertz CT molecular complexity index is 343. The van der Waals surface area contributed by atoms with Crippen LogP contribution in [-0.2, 0) is 9.84 Å². The van der Waals surface area contributed by atoms with Crippen molar-refractivity contribution in [3.8, 4) is 0 Å². The van der Waals surface area contributed by atoms with E-state index in [1.807, 2.05) is 0 Å². The third kappa shape index (κ3) is 5.83. The molecule has 0 radical (unpaired) electrons. The van der Waals surface area contributed by atoms with Crippen molar-refractivity contribution in [1.29, 1.82) is 0 Å². The summed E-state index contributed by atoms with van der Waals surface area (Å²) in [5, 5.41) is 0.561. The second-order valence-electron chi connectivity index (χ2n) is 4.16. The topological polar surface area (TPSA) is 34.1 Å². The summed E-state index contributed by atoms with van der Waals surface area (Å²) in [5.74, 6) is 0.319. The first-order chi connectivity index (χ1) is 7.73. The molecule has 0 spiro atoms. The van der Waals surface area contributed by atoms with Gasteiger partial charge in [0.2, 0.25) is 0 Å². The van der Waals surface area contributed by atoms with E-state index in [9.17, 15) is 21.6 Å². The molecule has 17 heavy (non-hydrogen) atoms. The van der Waals surface area contributed by atoms with Gasteiger partial charge in [-0.15, -0.1) is 0 Å². The highest BCUT2D eigenvalue weighted by molar-refractivity contribution is 9.09. The van der Waals surface area contributed by atoms with Gasteiger partial charge in [0.1, 0.15) is 0 Å². The summed E-state index contributed by atoms with van der Waals surface area (Å²) in [6.45, 7) is 0. The number of hydrogen-bond donors (Lipinski definition) is 0. The molecule has 0 bridgehead atoms. The molecule has 1 saturated heterocycles. The van der Waals surface area contributed by atoms with Gasteiger partial charge < -0.3 is 0 Å². The molecule has 1 aliphatic heterocycles. The van der Waals surface area contributed by atoms with Crippen molar-refractivity contribution in [2.45, 2.75) is 18.3 Å². The first-order valence-electron chi connectivity index (χ1n) is 5.20. The Hall–Kier alpha value is 0.570. The van der Waals surface area contributed by atoms with Crippen molar-refractivity contribution < 1.29 is 21.6 Å². The molecule has 0 aromatic heterocycles. The van der Waals surface area contributed by atoms with Gasteiger partial charge in [-0.2, -0.15) is 13.2 Å². The fraction of sp³-hybridized carbons (Fsp3) is 1.00. The lowest BCUT2D eigenvalue weighted by molar-refractivity contribution is -0.0328. The zero-order chi connectivity index (χ0) is 13.1. The number of thioether (sulfide) groups is 1. The van der Waals surface area contributed by atoms with Gasteiger partial charge in [-0.25, -0.2) is 8.42 Å². The third-order valence-corrected chi connectivity index (χ3v) is 6.28. The highest BCUT2D eigenvalue weighted by atomic mass is 79.9. The van der Waals surface area contributed by atoms with E-state index in [1.165, 1.54) is 0 Å². The molecule has 2 nitrogen and oxygen atoms in total. The molecular formula is C9H14BrF3O2S2. The lowest BCUT2D eigenvalue weighted by atomic mass is 9.91. The molecule has 2 unspecified atom stereocenters. The van der Waals surface area contributed by atoms with Crippen LogP contribution >= 0.6 is 27.7 Å². The van der Waals surface area contributed by atoms with Crippen molar-refractivity contribution in [1.82, 2.24) is 0 Å². The molecule has 0 N–H and O–H groups in total. The maximum absolute atomic E-state index is 12.0. The largest absolute Gasteiger partial charge is 0.441 e. The Morgan fingerprint density at radius 2 is 2.06 bits per heavy atom. The summed E-state index contributed by atoms with van der Waals surface area (Å²) in [6.07, 6.45) is 0.977. The van der Waals surface area contributed by atoms with Gasteiger partial charge in [0.25, 0.3) is 0 Å². The third-order valence-electron chi connectivity index (χ3n) is 2.89. The molecule has 0 aromatic rings. The van der Waals surface area contributed by atoms with Crippen LogP contribution in [0.15, 0.2) is 0 Å². The highest BCUT2D eigenvalue weighted by Crippen LogP contribution is 2.34. The minimum absolute atomic E-state index is 0.00366. The number of rotatable bonds is 5. The van der Waals surface area contributed by atoms with E-state index in [0.29, 0.717) is 18.2 Å². The Morgan fingerprint density at radius 3 is 2.47 bits per heavy atom. The van der Waals surface area contributed by atoms with E-state index in [0.717, 1.165) is 0 Å². The molecule has 1 rings (SSSR count). The molecule has 1 heterocycles. The molecule has 0 saturated carbocycles. The molecular weight excluding hydrogens is 341 g/mol. The van der Waals surface area contributed by atoms with Gasteiger partial charge in [-0.05, 0) is 24.7 Å². The molecule has 8 heteroatoms. The van der Waals surface area contributed by atoms with Crippen LogP contribution in [0.25, 0.3) is 0 Å². The maximum Gasteiger partial charge on any atom is 0.441 e. The van der Waals surface area contributed by atoms with Crippen LogP contribution in [0, 0.1) is 11.8 Å². The number of alkyl halides is 4. The average molecular weight is 355 g/mol. The minimum atomic E-state index is -4.20. The van der Waals surface area contributed by atoms with E-state index in [4.69, 9.17) is 0 Å². The number of sulfone groups is 1. The molecule has 0 aromatic carbocycles. The minimum Gasteiger partial charge on any atom is -0.229 e. The van der Waals surface area contributed by atoms with E-state index in [2.05, 4.69) is 15.9 Å². The predicted molar refractivity (Wildman–Crippen MR) is 67.2 cm³/mol. The van der Waals surface area contributed by atoms with Crippen LogP contribution in [0.2, 0.25) is 0 Å². The van der Waals surface area contributed by atoms with Crippen LogP contribution in [0.4, 0.5) is 13.2 Å². The summed E-state index contributed by atoms with van der Waals surface area (Å²) in [6, 6.07) is 0. The lowest BCUT2D eigenvalue weighted by Gasteiger charge is -2.20. The normalized spacial score (nSPS) is 26.0. The second kappa shape index (κ2) is 6.14. The van der Waals surface area contributed by atoms with Gasteiger partial charge >= 0.3 is 5.51 Å². The van der Waals surface area contributed by atoms with Crippen LogP contribution in [0.3, 0.4) is 0 Å². The van der Waals surface area contributed by atoms with Gasteiger partial charge in [-0.3, -0.25) is 0 Å². The molecule has 2 atom stereocenters. The van der Waals surface area contributed by atoms with Crippen LogP contribution in [-0.4, -0.2) is 36.5 Å². The van der Waals surface area contributed by atoms with Crippen molar-refractivity contribution in [2.75, 3.05) is 22.6 Å². The Morgan fingerprint density at radius 1 is 1.41 bits per heavy atom. The lowest BCUT2D eigenvalue weighted by Crippen LogP contribution is -2.19. The Kier molecular flexibility index (Phi) is 5.65. The molecule has 1 fully saturated rings. The molecule has 102 valence electrons. The molecule has 1 aliphatic rings. The van der Waals surface area contributed by atoms with E-state index in [-0.39, 0.29) is 40.9 Å². The van der Waals surface area contributed by atoms with Crippen molar-refractivity contribution >= 4 is 37.5 Å². The first kappa shape index (κ1) is 15.6. The average Bonchev–Trinajstić information content (AvgIpc) is 2.52. The predicted octanol–water partition coefficient (Wildman–Crippen LogP) is 3.08. The summed E-state index contributed by atoms with van der Waals surface area (Å²) < 4.78 is 58.5. The van der Waals surface area contributed by atoms with E-state index < -0.39 is 15.3 Å². The first-order valence-corrected chi connectivity index (χ1v) is 9.13. The van der Waals surface area contributed by atoms with Gasteiger partial charge in [-0.1, -0.05) is 27.7 Å². The number of hydrogen-bond acceptors (Lipinski definition) is 3. The monoisotopic (exact) mass is 354 g/mol. The van der Waals surface area contributed by atoms with Crippen LogP contribution < -0.4 is 0 Å². The highest BCUT2D eigenvalue weighted by Gasteiger charge is 2.34. The maximum atomic E-state index is 12.0. The molecule has 0 amide bonds. The second-order valence-corrected chi connectivity index (χ2v) is 8.20. The zero-order valence-corrected chi connectivity index (χ0v) is 12.3. The Labute approximate surface area is 112 Å². The molecule has 0 aliphatic carbocycles. The van der Waals surface area contributed by atoms with Gasteiger partial charge in [0.15, 0.2) is 9.84 Å². The number of halogens is 4. The van der Waals surface area contributed by atoms with Crippen LogP contribution in [0.5, 0.6) is 0 Å². The van der Waals surface area contributed by atoms with Crippen molar-refractivity contribution in [3.63, 3.8) is 0 Å². The van der Waals surface area contributed by atoms with Gasteiger partial charge in [0, 0.05) is 11.1 Å². The van der Waals surface area contributed by atoms with Crippen LogP contribution in [0.1, 0.15) is 12.8 Å². The summed E-state index contributed by atoms with van der Waals surface area (Å²) in [7, 11) is -2.95. The van der Waals surface area contributed by atoms with Crippen molar-refractivity contribution in [3.05, 3.63) is 0 Å². The fourth-order valence-corrected chi connectivity index (χ4v) is 5.38. The fourth-order valence-electron chi connectivity index (χ4n) is 1.96.